The molecule has 0 fully saturated rings. The van der Waals surface area contributed by atoms with E-state index in [1.165, 1.54) is 51.4 Å². The molecule has 0 saturated carbocycles. The molecule has 2 atom stereocenters. The number of esters is 2. The Balaban J connectivity index is 4.46. The minimum Gasteiger partial charge on any atom is -0.756 e. The molecule has 0 aliphatic heterocycles. The van der Waals surface area contributed by atoms with Crippen LogP contribution in [0.3, 0.4) is 0 Å². The average Bonchev–Trinajstić information content (AvgIpc) is 2.99. The normalized spacial score (nSPS) is 14.1. The molecule has 0 aromatic rings. The predicted molar refractivity (Wildman–Crippen MR) is 185 cm³/mol. The number of phosphoric acid groups is 1. The molecule has 0 amide bonds. The van der Waals surface area contributed by atoms with E-state index in [4.69, 9.17) is 18.5 Å². The van der Waals surface area contributed by atoms with E-state index < -0.39 is 32.5 Å². The van der Waals surface area contributed by atoms with Gasteiger partial charge in [-0.1, -0.05) is 115 Å². The van der Waals surface area contributed by atoms with Crippen LogP contribution in [-0.4, -0.2) is 70.0 Å². The van der Waals surface area contributed by atoms with Crippen LogP contribution in [0.2, 0.25) is 0 Å². The fraction of sp³-hybridized carbons (Fsp3) is 0.833. The highest BCUT2D eigenvalue weighted by atomic mass is 31.2. The van der Waals surface area contributed by atoms with Crippen molar-refractivity contribution >= 4 is 19.8 Å². The molecule has 10 heteroatoms. The monoisotopic (exact) mass is 673 g/mol. The lowest BCUT2D eigenvalue weighted by Gasteiger charge is -2.28. The molecule has 0 aliphatic rings. The van der Waals surface area contributed by atoms with E-state index >= 15 is 0 Å². The first-order valence-corrected chi connectivity index (χ1v) is 19.5. The van der Waals surface area contributed by atoms with Crippen LogP contribution in [0.25, 0.3) is 0 Å². The fourth-order valence-corrected chi connectivity index (χ4v) is 5.31. The van der Waals surface area contributed by atoms with Gasteiger partial charge in [0.1, 0.15) is 19.8 Å². The number of quaternary nitrogens is 1. The van der Waals surface area contributed by atoms with Crippen molar-refractivity contribution in [1.29, 1.82) is 0 Å². The molecule has 0 saturated heterocycles. The van der Waals surface area contributed by atoms with E-state index in [2.05, 4.69) is 38.2 Å². The van der Waals surface area contributed by atoms with Gasteiger partial charge in [-0.15, -0.1) is 0 Å². The molecule has 0 aromatic heterocycles. The third-order valence-electron chi connectivity index (χ3n) is 7.50. The second kappa shape index (κ2) is 29.6. The molecular formula is C36H68NO8P. The molecule has 0 aromatic carbocycles. The molecule has 0 spiro atoms. The number of carbonyl (C=O) groups excluding carboxylic acids is 2. The van der Waals surface area contributed by atoms with E-state index in [0.717, 1.165) is 57.8 Å². The molecule has 9 nitrogen and oxygen atoms in total. The highest BCUT2D eigenvalue weighted by molar-refractivity contribution is 7.45. The van der Waals surface area contributed by atoms with E-state index in [9.17, 15) is 19.0 Å². The maximum Gasteiger partial charge on any atom is 0.306 e. The van der Waals surface area contributed by atoms with Gasteiger partial charge in [-0.3, -0.25) is 14.2 Å². The van der Waals surface area contributed by atoms with E-state index in [-0.39, 0.29) is 26.1 Å². The molecular weight excluding hydrogens is 605 g/mol. The maximum atomic E-state index is 12.5. The molecule has 0 aliphatic carbocycles. The van der Waals surface area contributed by atoms with Crippen molar-refractivity contribution in [2.24, 2.45) is 0 Å². The van der Waals surface area contributed by atoms with Crippen LogP contribution in [0.15, 0.2) is 24.3 Å². The van der Waals surface area contributed by atoms with Gasteiger partial charge in [-0.05, 0) is 38.5 Å². The summed E-state index contributed by atoms with van der Waals surface area (Å²) < 4.78 is 33.6. The molecule has 1 unspecified atom stereocenters. The van der Waals surface area contributed by atoms with E-state index in [1.807, 2.05) is 21.1 Å². The van der Waals surface area contributed by atoms with Gasteiger partial charge in [0.05, 0.1) is 27.7 Å². The standard InChI is InChI=1S/C36H68NO8P/c1-6-8-10-12-14-15-16-17-18-19-20-21-23-25-27-29-36(39)45-34(33-44-46(40,41)43-31-30-37(3,4)5)32-42-35(38)28-26-24-22-13-11-9-7-2/h15-18,34H,6-14,19-33H2,1-5H3/b16-15+,18-17+/t34-/m1/s1. The third kappa shape index (κ3) is 32.4. The second-order valence-electron chi connectivity index (χ2n) is 13.3. The zero-order valence-corrected chi connectivity index (χ0v) is 30.9. The van der Waals surface area contributed by atoms with Crippen molar-refractivity contribution in [2.75, 3.05) is 47.5 Å². The van der Waals surface area contributed by atoms with Crippen molar-refractivity contribution in [3.63, 3.8) is 0 Å². The smallest absolute Gasteiger partial charge is 0.306 e. The Kier molecular flexibility index (Phi) is 28.6. The van der Waals surface area contributed by atoms with Gasteiger partial charge < -0.3 is 27.9 Å². The quantitative estimate of drug-likeness (QED) is 0.0230. The van der Waals surface area contributed by atoms with Crippen molar-refractivity contribution in [1.82, 2.24) is 0 Å². The number of rotatable bonds is 32. The summed E-state index contributed by atoms with van der Waals surface area (Å²) in [6, 6.07) is 0. The molecule has 0 radical (unpaired) electrons. The highest BCUT2D eigenvalue weighted by Crippen LogP contribution is 2.38. The highest BCUT2D eigenvalue weighted by Gasteiger charge is 2.21. The SMILES string of the molecule is CCCCCC/C=C/C=C/CCCCCCCC(=O)O[C@H](COC(=O)CCCCCCCCC)COP(=O)([O-])OCC[N+](C)(C)C. The van der Waals surface area contributed by atoms with Gasteiger partial charge in [0.2, 0.25) is 0 Å². The Labute approximate surface area is 281 Å². The Morgan fingerprint density at radius 2 is 1.15 bits per heavy atom. The summed E-state index contributed by atoms with van der Waals surface area (Å²) >= 11 is 0. The van der Waals surface area contributed by atoms with Crippen LogP contribution in [0.5, 0.6) is 0 Å². The number of allylic oxidation sites excluding steroid dienone is 4. The van der Waals surface area contributed by atoms with Crippen molar-refractivity contribution in [3.8, 4) is 0 Å². The summed E-state index contributed by atoms with van der Waals surface area (Å²) in [7, 11) is 1.15. The summed E-state index contributed by atoms with van der Waals surface area (Å²) in [5.41, 5.74) is 0. The van der Waals surface area contributed by atoms with Crippen molar-refractivity contribution in [2.45, 2.75) is 148 Å². The van der Waals surface area contributed by atoms with Crippen LogP contribution in [-0.2, 0) is 32.7 Å². The first kappa shape index (κ1) is 44.5. The maximum absolute atomic E-state index is 12.5. The Morgan fingerprint density at radius 3 is 1.70 bits per heavy atom. The zero-order chi connectivity index (χ0) is 34.4. The topological polar surface area (TPSA) is 111 Å². The number of unbranched alkanes of at least 4 members (excludes halogenated alkanes) is 15. The number of ether oxygens (including phenoxy) is 2. The first-order valence-electron chi connectivity index (χ1n) is 18.1. The molecule has 0 rings (SSSR count). The van der Waals surface area contributed by atoms with Crippen molar-refractivity contribution < 1.29 is 42.1 Å². The van der Waals surface area contributed by atoms with Crippen molar-refractivity contribution in [3.05, 3.63) is 24.3 Å². The zero-order valence-electron chi connectivity index (χ0n) is 30.0. The summed E-state index contributed by atoms with van der Waals surface area (Å²) in [6.45, 7) is 4.11. The van der Waals surface area contributed by atoms with Crippen LogP contribution < -0.4 is 4.89 Å². The van der Waals surface area contributed by atoms with Gasteiger partial charge in [-0.2, -0.15) is 0 Å². The van der Waals surface area contributed by atoms with Crippen LogP contribution in [0.1, 0.15) is 142 Å². The summed E-state index contributed by atoms with van der Waals surface area (Å²) in [6.07, 6.45) is 27.9. The Bertz CT molecular complexity index is 855. The third-order valence-corrected chi connectivity index (χ3v) is 8.47. The summed E-state index contributed by atoms with van der Waals surface area (Å²) in [5, 5.41) is 0. The number of hydrogen-bond acceptors (Lipinski definition) is 8. The Morgan fingerprint density at radius 1 is 0.674 bits per heavy atom. The van der Waals surface area contributed by atoms with Gasteiger partial charge >= 0.3 is 11.9 Å². The van der Waals surface area contributed by atoms with Crippen LogP contribution >= 0.6 is 7.82 Å². The lowest BCUT2D eigenvalue weighted by Crippen LogP contribution is -2.37. The number of nitrogens with zero attached hydrogens (tertiary/aromatic N) is 1. The van der Waals surface area contributed by atoms with E-state index in [0.29, 0.717) is 17.4 Å². The molecule has 270 valence electrons. The number of phosphoric ester groups is 1. The average molecular weight is 674 g/mol. The van der Waals surface area contributed by atoms with Crippen LogP contribution in [0, 0.1) is 0 Å². The molecule has 0 heterocycles. The number of likely N-dealkylation sites (N-methyl/N-ethyl adjacent to an activating group) is 1. The first-order chi connectivity index (χ1) is 22.0. The Hall–Kier alpha value is -1.51. The summed E-state index contributed by atoms with van der Waals surface area (Å²) in [5.74, 6) is -0.861. The number of hydrogen-bond donors (Lipinski definition) is 0. The second-order valence-corrected chi connectivity index (χ2v) is 14.7. The van der Waals surface area contributed by atoms with Crippen LogP contribution in [0.4, 0.5) is 0 Å². The van der Waals surface area contributed by atoms with Gasteiger partial charge in [0.25, 0.3) is 7.82 Å². The molecule has 46 heavy (non-hydrogen) atoms. The largest absolute Gasteiger partial charge is 0.756 e. The molecule has 0 bridgehead atoms. The summed E-state index contributed by atoms with van der Waals surface area (Å²) in [4.78, 5) is 37.1. The fourth-order valence-electron chi connectivity index (χ4n) is 4.58. The lowest BCUT2D eigenvalue weighted by atomic mass is 10.1. The minimum atomic E-state index is -4.61. The predicted octanol–water partition coefficient (Wildman–Crippen LogP) is 8.60. The lowest BCUT2D eigenvalue weighted by molar-refractivity contribution is -0.870. The van der Waals surface area contributed by atoms with Gasteiger partial charge in [0, 0.05) is 12.8 Å². The minimum absolute atomic E-state index is 0.0330. The number of carbonyl (C=O) groups is 2. The van der Waals surface area contributed by atoms with Gasteiger partial charge in [0.15, 0.2) is 6.10 Å². The molecule has 0 N–H and O–H groups in total. The van der Waals surface area contributed by atoms with E-state index in [1.54, 1.807) is 0 Å². The van der Waals surface area contributed by atoms with Gasteiger partial charge in [-0.25, -0.2) is 0 Å².